The largest absolute Gasteiger partial charge is 0.454 e. The monoisotopic (exact) mass is 336 g/mol. The van der Waals surface area contributed by atoms with E-state index in [-0.39, 0.29) is 0 Å². The summed E-state index contributed by atoms with van der Waals surface area (Å²) in [5.41, 5.74) is 5.40. The summed E-state index contributed by atoms with van der Waals surface area (Å²) in [7, 11) is 0. The van der Waals surface area contributed by atoms with E-state index in [9.17, 15) is 0 Å². The molecule has 1 heterocycles. The Labute approximate surface area is 131 Å². The molecule has 4 aromatic rings. The highest BCUT2D eigenvalue weighted by Crippen LogP contribution is 2.38. The van der Waals surface area contributed by atoms with E-state index in [1.807, 2.05) is 6.07 Å². The summed E-state index contributed by atoms with van der Waals surface area (Å²) in [5.74, 6) is 0. The Hall–Kier alpha value is -2.06. The molecule has 0 fully saturated rings. The maximum absolute atomic E-state index is 6.18. The van der Waals surface area contributed by atoms with Crippen LogP contribution in [0.15, 0.2) is 69.6 Å². The summed E-state index contributed by atoms with van der Waals surface area (Å²) in [5, 5.41) is 2.32. The van der Waals surface area contributed by atoms with Gasteiger partial charge in [-0.15, -0.1) is 0 Å². The lowest BCUT2D eigenvalue weighted by Crippen LogP contribution is -1.77. The van der Waals surface area contributed by atoms with Crippen molar-refractivity contribution in [3.8, 4) is 11.1 Å². The summed E-state index contributed by atoms with van der Waals surface area (Å²) in [4.78, 5) is 0. The second-order valence-electron chi connectivity index (χ2n) is 5.27. The number of hydrogen-bond donors (Lipinski definition) is 0. The van der Waals surface area contributed by atoms with Crippen molar-refractivity contribution >= 4 is 37.9 Å². The Morgan fingerprint density at radius 2 is 1.62 bits per heavy atom. The fraction of sp³-hybridized carbons (Fsp3) is 0.0526. The highest BCUT2D eigenvalue weighted by atomic mass is 79.9. The summed E-state index contributed by atoms with van der Waals surface area (Å²) >= 11 is 3.61. The average Bonchev–Trinajstić information content (AvgIpc) is 2.87. The van der Waals surface area contributed by atoms with E-state index in [2.05, 4.69) is 77.5 Å². The number of rotatable bonds is 1. The molecule has 0 amide bonds. The van der Waals surface area contributed by atoms with Gasteiger partial charge in [0.15, 0.2) is 0 Å². The van der Waals surface area contributed by atoms with Gasteiger partial charge in [-0.05, 0) is 46.1 Å². The van der Waals surface area contributed by atoms with E-state index in [1.54, 1.807) is 0 Å². The van der Waals surface area contributed by atoms with E-state index in [0.29, 0.717) is 0 Å². The molecule has 0 saturated carbocycles. The standard InChI is InChI=1S/C19H13BrO/c1-12-10-16-15-9-5-8-14(13-6-3-2-4-7-13)18(15)21-19(16)17(20)11-12/h2-11H,1H3. The minimum atomic E-state index is 0.916. The van der Waals surface area contributed by atoms with E-state index in [4.69, 9.17) is 4.42 Å². The van der Waals surface area contributed by atoms with Crippen molar-refractivity contribution < 1.29 is 4.42 Å². The third-order valence-electron chi connectivity index (χ3n) is 3.78. The lowest BCUT2D eigenvalue weighted by Gasteiger charge is -2.01. The number of halogens is 1. The lowest BCUT2D eigenvalue weighted by atomic mass is 10.0. The Morgan fingerprint density at radius 3 is 2.43 bits per heavy atom. The van der Waals surface area contributed by atoms with Crippen LogP contribution < -0.4 is 0 Å². The molecule has 0 bridgehead atoms. The highest BCUT2D eigenvalue weighted by molar-refractivity contribution is 9.10. The number of aryl methyl sites for hydroxylation is 1. The third-order valence-corrected chi connectivity index (χ3v) is 4.37. The molecule has 2 heteroatoms. The molecule has 1 aromatic heterocycles. The predicted octanol–water partition coefficient (Wildman–Crippen LogP) is 6.32. The Morgan fingerprint density at radius 1 is 0.810 bits per heavy atom. The first-order valence-corrected chi connectivity index (χ1v) is 7.70. The van der Waals surface area contributed by atoms with Crippen molar-refractivity contribution in [1.82, 2.24) is 0 Å². The number of hydrogen-bond acceptors (Lipinski definition) is 1. The van der Waals surface area contributed by atoms with E-state index < -0.39 is 0 Å². The number of para-hydroxylation sites is 1. The van der Waals surface area contributed by atoms with Crippen LogP contribution in [0.1, 0.15) is 5.56 Å². The van der Waals surface area contributed by atoms with Crippen molar-refractivity contribution in [2.24, 2.45) is 0 Å². The van der Waals surface area contributed by atoms with Crippen LogP contribution in [0.5, 0.6) is 0 Å². The topological polar surface area (TPSA) is 13.1 Å². The van der Waals surface area contributed by atoms with Crippen LogP contribution in [0.25, 0.3) is 33.1 Å². The van der Waals surface area contributed by atoms with Crippen molar-refractivity contribution in [3.63, 3.8) is 0 Å². The first-order chi connectivity index (χ1) is 10.2. The second-order valence-corrected chi connectivity index (χ2v) is 6.13. The first-order valence-electron chi connectivity index (χ1n) is 6.91. The van der Waals surface area contributed by atoms with Crippen LogP contribution in [0.3, 0.4) is 0 Å². The van der Waals surface area contributed by atoms with Gasteiger partial charge in [0.1, 0.15) is 11.2 Å². The normalized spacial score (nSPS) is 11.3. The zero-order valence-corrected chi connectivity index (χ0v) is 13.1. The van der Waals surface area contributed by atoms with Crippen LogP contribution >= 0.6 is 15.9 Å². The Bertz CT molecular complexity index is 952. The number of benzene rings is 3. The molecule has 21 heavy (non-hydrogen) atoms. The molecule has 0 unspecified atom stereocenters. The number of furan rings is 1. The molecule has 3 aromatic carbocycles. The zero-order chi connectivity index (χ0) is 14.4. The SMILES string of the molecule is Cc1cc(Br)c2oc3c(-c4ccccc4)cccc3c2c1. The Kier molecular flexibility index (Phi) is 2.86. The molecule has 0 aliphatic rings. The molecule has 0 aliphatic carbocycles. The summed E-state index contributed by atoms with van der Waals surface area (Å²) < 4.78 is 7.18. The van der Waals surface area contributed by atoms with Crippen molar-refractivity contribution in [3.05, 3.63) is 70.7 Å². The molecule has 102 valence electrons. The molecular formula is C19H13BrO. The van der Waals surface area contributed by atoms with Gasteiger partial charge in [0, 0.05) is 16.3 Å². The summed E-state index contributed by atoms with van der Waals surface area (Å²) in [6.45, 7) is 2.10. The predicted molar refractivity (Wildman–Crippen MR) is 91.6 cm³/mol. The van der Waals surface area contributed by atoms with Gasteiger partial charge in [-0.1, -0.05) is 48.5 Å². The smallest absolute Gasteiger partial charge is 0.149 e. The van der Waals surface area contributed by atoms with Crippen LogP contribution in [-0.2, 0) is 0 Å². The van der Waals surface area contributed by atoms with Gasteiger partial charge in [0.25, 0.3) is 0 Å². The summed E-state index contributed by atoms with van der Waals surface area (Å²) in [6.07, 6.45) is 0. The Balaban J connectivity index is 2.14. The van der Waals surface area contributed by atoms with Crippen molar-refractivity contribution in [1.29, 1.82) is 0 Å². The molecule has 1 nitrogen and oxygen atoms in total. The molecule has 4 rings (SSSR count). The van der Waals surface area contributed by atoms with E-state index in [0.717, 1.165) is 32.0 Å². The van der Waals surface area contributed by atoms with Crippen LogP contribution in [0.4, 0.5) is 0 Å². The van der Waals surface area contributed by atoms with Crippen LogP contribution in [0, 0.1) is 6.92 Å². The summed E-state index contributed by atoms with van der Waals surface area (Å²) in [6, 6.07) is 21.0. The zero-order valence-electron chi connectivity index (χ0n) is 11.6. The van der Waals surface area contributed by atoms with Gasteiger partial charge in [0.2, 0.25) is 0 Å². The molecule has 0 aliphatic heterocycles. The van der Waals surface area contributed by atoms with E-state index in [1.165, 1.54) is 11.1 Å². The van der Waals surface area contributed by atoms with Gasteiger partial charge in [-0.3, -0.25) is 0 Å². The fourth-order valence-electron chi connectivity index (χ4n) is 2.84. The molecule has 0 N–H and O–H groups in total. The average molecular weight is 337 g/mol. The molecule has 0 spiro atoms. The first kappa shape index (κ1) is 12.7. The maximum atomic E-state index is 6.18. The fourth-order valence-corrected chi connectivity index (χ4v) is 3.49. The molecule has 0 saturated heterocycles. The third kappa shape index (κ3) is 1.98. The van der Waals surface area contributed by atoms with Crippen LogP contribution in [0.2, 0.25) is 0 Å². The van der Waals surface area contributed by atoms with E-state index >= 15 is 0 Å². The molecule has 0 radical (unpaired) electrons. The minimum Gasteiger partial charge on any atom is -0.454 e. The minimum absolute atomic E-state index is 0.916. The molecular weight excluding hydrogens is 324 g/mol. The number of fused-ring (bicyclic) bond motifs is 3. The van der Waals surface area contributed by atoms with Gasteiger partial charge >= 0.3 is 0 Å². The van der Waals surface area contributed by atoms with Gasteiger partial charge < -0.3 is 4.42 Å². The second kappa shape index (κ2) is 4.74. The van der Waals surface area contributed by atoms with Crippen molar-refractivity contribution in [2.75, 3.05) is 0 Å². The van der Waals surface area contributed by atoms with Gasteiger partial charge in [0.05, 0.1) is 4.47 Å². The van der Waals surface area contributed by atoms with Gasteiger partial charge in [-0.25, -0.2) is 0 Å². The quantitative estimate of drug-likeness (QED) is 0.396. The van der Waals surface area contributed by atoms with Crippen LogP contribution in [-0.4, -0.2) is 0 Å². The maximum Gasteiger partial charge on any atom is 0.149 e. The molecule has 0 atom stereocenters. The highest BCUT2D eigenvalue weighted by Gasteiger charge is 2.14. The lowest BCUT2D eigenvalue weighted by molar-refractivity contribution is 0.667. The van der Waals surface area contributed by atoms with Gasteiger partial charge in [-0.2, -0.15) is 0 Å². The van der Waals surface area contributed by atoms with Crippen molar-refractivity contribution in [2.45, 2.75) is 6.92 Å².